The molecule has 35 heavy (non-hydrogen) atoms. The second kappa shape index (κ2) is 10.8. The van der Waals surface area contributed by atoms with Crippen molar-refractivity contribution in [2.75, 3.05) is 33.9 Å². The number of carbonyl (C=O) groups is 2. The number of benzene rings is 2. The summed E-state index contributed by atoms with van der Waals surface area (Å²) in [5.41, 5.74) is 3.80. The normalized spacial score (nSPS) is 14.7. The van der Waals surface area contributed by atoms with E-state index in [1.165, 1.54) is 29.6 Å². The van der Waals surface area contributed by atoms with Gasteiger partial charge in [0.15, 0.2) is 0 Å². The predicted molar refractivity (Wildman–Crippen MR) is 138 cm³/mol. The lowest BCUT2D eigenvalue weighted by Crippen LogP contribution is -2.46. The monoisotopic (exact) mass is 490 g/mol. The van der Waals surface area contributed by atoms with E-state index in [9.17, 15) is 9.59 Å². The lowest BCUT2D eigenvalue weighted by molar-refractivity contribution is -0.133. The van der Waals surface area contributed by atoms with Gasteiger partial charge in [-0.2, -0.15) is 0 Å². The minimum absolute atomic E-state index is 0.0494. The van der Waals surface area contributed by atoms with Gasteiger partial charge in [0.2, 0.25) is 5.91 Å². The van der Waals surface area contributed by atoms with E-state index in [2.05, 4.69) is 49.2 Å². The lowest BCUT2D eigenvalue weighted by Gasteiger charge is -2.37. The molecule has 1 aromatic heterocycles. The largest absolute Gasteiger partial charge is 0.497 e. The molecule has 1 atom stereocenters. The number of carbonyl (C=O) groups excluding carboxylic acids is 2. The van der Waals surface area contributed by atoms with E-state index in [0.29, 0.717) is 23.6 Å². The first kappa shape index (κ1) is 24.5. The molecule has 6 nitrogen and oxygen atoms in total. The smallest absolute Gasteiger partial charge is 0.254 e. The van der Waals surface area contributed by atoms with Crippen LogP contribution in [-0.4, -0.2) is 55.5 Å². The van der Waals surface area contributed by atoms with Crippen molar-refractivity contribution in [2.45, 2.75) is 19.4 Å². The standard InChI is InChI=1S/C28H30N2O4S/c1-5-12-29(28(32)21-15-22(33-3)17-23(16-21)34-4)18-26(31)30-13-10-25-24(11-14-35-25)27(30)20-8-6-19(2)7-9-20/h5-9,11,14-17,27H,1,10,12-13,18H2,2-4H3. The molecule has 0 fully saturated rings. The number of ether oxygens (including phenoxy) is 2. The van der Waals surface area contributed by atoms with Gasteiger partial charge in [-0.3, -0.25) is 9.59 Å². The molecule has 1 aliphatic rings. The minimum Gasteiger partial charge on any atom is -0.497 e. The van der Waals surface area contributed by atoms with E-state index < -0.39 is 0 Å². The van der Waals surface area contributed by atoms with Gasteiger partial charge in [-0.05, 0) is 48.1 Å². The number of methoxy groups -OCH3 is 2. The van der Waals surface area contributed by atoms with E-state index >= 15 is 0 Å². The highest BCUT2D eigenvalue weighted by atomic mass is 32.1. The Morgan fingerprint density at radius 2 is 1.80 bits per heavy atom. The highest BCUT2D eigenvalue weighted by Gasteiger charge is 2.34. The number of rotatable bonds is 8. The quantitative estimate of drug-likeness (QED) is 0.423. The highest BCUT2D eigenvalue weighted by Crippen LogP contribution is 2.38. The third-order valence-electron chi connectivity index (χ3n) is 6.24. The number of thiophene rings is 1. The molecule has 0 saturated carbocycles. The summed E-state index contributed by atoms with van der Waals surface area (Å²) in [7, 11) is 3.07. The second-order valence-corrected chi connectivity index (χ2v) is 9.53. The minimum atomic E-state index is -0.282. The molecule has 1 unspecified atom stereocenters. The van der Waals surface area contributed by atoms with Crippen molar-refractivity contribution in [3.8, 4) is 11.5 Å². The van der Waals surface area contributed by atoms with Crippen molar-refractivity contribution < 1.29 is 19.1 Å². The van der Waals surface area contributed by atoms with Crippen LogP contribution in [-0.2, 0) is 11.2 Å². The van der Waals surface area contributed by atoms with Crippen LogP contribution in [0.3, 0.4) is 0 Å². The van der Waals surface area contributed by atoms with E-state index in [1.54, 1.807) is 35.6 Å². The Balaban J connectivity index is 1.62. The summed E-state index contributed by atoms with van der Waals surface area (Å²) in [6, 6.07) is 15.3. The summed E-state index contributed by atoms with van der Waals surface area (Å²) in [4.78, 5) is 31.9. The molecule has 2 amide bonds. The van der Waals surface area contributed by atoms with E-state index in [-0.39, 0.29) is 30.9 Å². The van der Waals surface area contributed by atoms with Crippen molar-refractivity contribution >= 4 is 23.2 Å². The molecule has 7 heteroatoms. The van der Waals surface area contributed by atoms with Crippen LogP contribution in [0, 0.1) is 6.92 Å². The van der Waals surface area contributed by atoms with Gasteiger partial charge in [0.25, 0.3) is 5.91 Å². The number of aryl methyl sites for hydroxylation is 1. The Morgan fingerprint density at radius 1 is 1.11 bits per heavy atom. The number of fused-ring (bicyclic) bond motifs is 1. The summed E-state index contributed by atoms with van der Waals surface area (Å²) in [5, 5.41) is 2.09. The van der Waals surface area contributed by atoms with Crippen LogP contribution in [0.25, 0.3) is 0 Å². The third-order valence-corrected chi connectivity index (χ3v) is 7.24. The molecule has 0 radical (unpaired) electrons. The molecule has 0 saturated heterocycles. The molecule has 0 N–H and O–H groups in total. The van der Waals surface area contributed by atoms with E-state index in [1.807, 2.05) is 4.90 Å². The molecule has 182 valence electrons. The van der Waals surface area contributed by atoms with Gasteiger partial charge in [-0.1, -0.05) is 35.9 Å². The Labute approximate surface area is 210 Å². The van der Waals surface area contributed by atoms with Gasteiger partial charge in [0.05, 0.1) is 20.3 Å². The first-order valence-corrected chi connectivity index (χ1v) is 12.4. The molecule has 0 spiro atoms. The zero-order valence-corrected chi connectivity index (χ0v) is 21.1. The predicted octanol–water partition coefficient (Wildman–Crippen LogP) is 4.88. The average molecular weight is 491 g/mol. The molecule has 0 bridgehead atoms. The van der Waals surface area contributed by atoms with Gasteiger partial charge in [0.1, 0.15) is 18.0 Å². The maximum absolute atomic E-state index is 13.7. The Kier molecular flexibility index (Phi) is 7.56. The van der Waals surface area contributed by atoms with Crippen LogP contribution in [0.5, 0.6) is 11.5 Å². The van der Waals surface area contributed by atoms with Crippen LogP contribution in [0.1, 0.15) is 38.0 Å². The molecule has 3 aromatic rings. The molecule has 2 aromatic carbocycles. The maximum atomic E-state index is 13.7. The van der Waals surface area contributed by atoms with Crippen molar-refractivity contribution in [3.05, 3.63) is 93.7 Å². The van der Waals surface area contributed by atoms with Crippen LogP contribution in [0.4, 0.5) is 0 Å². The van der Waals surface area contributed by atoms with E-state index in [0.717, 1.165) is 17.5 Å². The fourth-order valence-electron chi connectivity index (χ4n) is 4.44. The second-order valence-electron chi connectivity index (χ2n) is 8.53. The fourth-order valence-corrected chi connectivity index (χ4v) is 5.34. The number of amides is 2. The molecular formula is C28H30N2O4S. The van der Waals surface area contributed by atoms with Crippen LogP contribution < -0.4 is 9.47 Å². The molecule has 2 heterocycles. The Bertz CT molecular complexity index is 1200. The van der Waals surface area contributed by atoms with Crippen LogP contribution in [0.15, 0.2) is 66.6 Å². The van der Waals surface area contributed by atoms with E-state index in [4.69, 9.17) is 9.47 Å². The number of nitrogens with zero attached hydrogens (tertiary/aromatic N) is 2. The van der Waals surface area contributed by atoms with Gasteiger partial charge in [0, 0.05) is 29.6 Å². The summed E-state index contributed by atoms with van der Waals surface area (Å²) in [6.45, 7) is 6.64. The summed E-state index contributed by atoms with van der Waals surface area (Å²) in [6.07, 6.45) is 2.44. The van der Waals surface area contributed by atoms with Gasteiger partial charge in [-0.15, -0.1) is 17.9 Å². The van der Waals surface area contributed by atoms with Crippen molar-refractivity contribution in [1.29, 1.82) is 0 Å². The third kappa shape index (κ3) is 5.25. The SMILES string of the molecule is C=CCN(CC(=O)N1CCc2sccc2C1c1ccc(C)cc1)C(=O)c1cc(OC)cc(OC)c1. The van der Waals surface area contributed by atoms with Crippen molar-refractivity contribution in [1.82, 2.24) is 9.80 Å². The lowest BCUT2D eigenvalue weighted by atomic mass is 9.92. The van der Waals surface area contributed by atoms with Gasteiger partial charge >= 0.3 is 0 Å². The number of hydrogen-bond acceptors (Lipinski definition) is 5. The first-order chi connectivity index (χ1) is 16.9. The zero-order chi connectivity index (χ0) is 24.9. The Hall–Kier alpha value is -3.58. The van der Waals surface area contributed by atoms with Gasteiger partial charge in [-0.25, -0.2) is 0 Å². The highest BCUT2D eigenvalue weighted by molar-refractivity contribution is 7.10. The van der Waals surface area contributed by atoms with Crippen LogP contribution in [0.2, 0.25) is 0 Å². The zero-order valence-electron chi connectivity index (χ0n) is 20.3. The average Bonchev–Trinajstić information content (AvgIpc) is 3.36. The van der Waals surface area contributed by atoms with Crippen LogP contribution >= 0.6 is 11.3 Å². The summed E-state index contributed by atoms with van der Waals surface area (Å²) < 4.78 is 10.6. The van der Waals surface area contributed by atoms with Crippen molar-refractivity contribution in [2.24, 2.45) is 0 Å². The summed E-state index contributed by atoms with van der Waals surface area (Å²) in [5.74, 6) is 0.643. The maximum Gasteiger partial charge on any atom is 0.254 e. The fraction of sp³-hybridized carbons (Fsp3) is 0.286. The summed E-state index contributed by atoms with van der Waals surface area (Å²) >= 11 is 1.73. The Morgan fingerprint density at radius 3 is 2.43 bits per heavy atom. The molecule has 1 aliphatic heterocycles. The van der Waals surface area contributed by atoms with Crippen molar-refractivity contribution in [3.63, 3.8) is 0 Å². The molecule has 0 aliphatic carbocycles. The number of hydrogen-bond donors (Lipinski definition) is 0. The first-order valence-electron chi connectivity index (χ1n) is 11.5. The topological polar surface area (TPSA) is 59.1 Å². The molecule has 4 rings (SSSR count). The molecular weight excluding hydrogens is 460 g/mol. The van der Waals surface area contributed by atoms with Gasteiger partial charge < -0.3 is 19.3 Å².